The van der Waals surface area contributed by atoms with Crippen molar-refractivity contribution in [2.24, 2.45) is 0 Å². The van der Waals surface area contributed by atoms with Crippen molar-refractivity contribution < 1.29 is 14.8 Å². The number of benzene rings is 2. The van der Waals surface area contributed by atoms with Gasteiger partial charge in [-0.15, -0.1) is 0 Å². The van der Waals surface area contributed by atoms with E-state index in [9.17, 15) is 20.0 Å². The summed E-state index contributed by atoms with van der Waals surface area (Å²) in [6.07, 6.45) is 0. The summed E-state index contributed by atoms with van der Waals surface area (Å²) in [6, 6.07) is 11.0. The van der Waals surface area contributed by atoms with Crippen molar-refractivity contribution in [2.75, 3.05) is 5.32 Å². The van der Waals surface area contributed by atoms with Gasteiger partial charge in [-0.1, -0.05) is 39.0 Å². The monoisotopic (exact) mass is 314 g/mol. The number of amides is 1. The second-order valence-corrected chi connectivity index (χ2v) is 6.21. The zero-order chi connectivity index (χ0) is 17.2. The first-order valence-electron chi connectivity index (χ1n) is 7.08. The Morgan fingerprint density at radius 1 is 1.13 bits per heavy atom. The van der Waals surface area contributed by atoms with E-state index < -0.39 is 22.3 Å². The fourth-order valence-electron chi connectivity index (χ4n) is 2.16. The highest BCUT2D eigenvalue weighted by Gasteiger charge is 2.24. The van der Waals surface area contributed by atoms with Gasteiger partial charge in [-0.2, -0.15) is 0 Å². The molecule has 0 spiro atoms. The second kappa shape index (κ2) is 6.08. The van der Waals surface area contributed by atoms with Gasteiger partial charge in [0.25, 0.3) is 11.6 Å². The van der Waals surface area contributed by atoms with Crippen LogP contribution >= 0.6 is 0 Å². The fraction of sp³-hybridized carbons (Fsp3) is 0.235. The molecule has 0 fully saturated rings. The van der Waals surface area contributed by atoms with Crippen LogP contribution in [0.25, 0.3) is 0 Å². The summed E-state index contributed by atoms with van der Waals surface area (Å²) in [5.41, 5.74) is 0.801. The van der Waals surface area contributed by atoms with Crippen LogP contribution in [0.15, 0.2) is 42.5 Å². The Hall–Kier alpha value is -2.89. The van der Waals surface area contributed by atoms with Crippen LogP contribution in [0.2, 0.25) is 0 Å². The second-order valence-electron chi connectivity index (χ2n) is 6.21. The van der Waals surface area contributed by atoms with Crippen molar-refractivity contribution in [3.05, 3.63) is 63.7 Å². The Labute approximate surface area is 133 Å². The average Bonchev–Trinajstić information content (AvgIpc) is 2.46. The molecule has 0 aliphatic carbocycles. The molecule has 0 atom stereocenters. The minimum atomic E-state index is -0.724. The molecule has 6 nitrogen and oxygen atoms in total. The third-order valence-electron chi connectivity index (χ3n) is 3.45. The van der Waals surface area contributed by atoms with Crippen molar-refractivity contribution in [2.45, 2.75) is 26.2 Å². The Bertz CT molecular complexity index is 746. The molecule has 0 aromatic heterocycles. The van der Waals surface area contributed by atoms with Crippen LogP contribution in [-0.2, 0) is 5.41 Å². The molecule has 0 heterocycles. The topological polar surface area (TPSA) is 92.5 Å². The number of nitro benzene ring substituents is 1. The maximum Gasteiger partial charge on any atom is 0.285 e. The third kappa shape index (κ3) is 3.66. The maximum atomic E-state index is 12.3. The number of phenolic OH excluding ortho intramolecular Hbond substituents is 1. The molecule has 2 aromatic rings. The van der Waals surface area contributed by atoms with E-state index in [2.05, 4.69) is 26.1 Å². The molecule has 2 N–H and O–H groups in total. The lowest BCUT2D eigenvalue weighted by atomic mass is 9.87. The number of carbonyl (C=O) groups excluding carboxylic acids is 1. The van der Waals surface area contributed by atoms with Crippen molar-refractivity contribution in [1.82, 2.24) is 0 Å². The van der Waals surface area contributed by atoms with Gasteiger partial charge in [0.15, 0.2) is 5.56 Å². The van der Waals surface area contributed by atoms with Gasteiger partial charge in [-0.25, -0.2) is 0 Å². The molecule has 23 heavy (non-hydrogen) atoms. The Morgan fingerprint density at radius 2 is 1.74 bits per heavy atom. The zero-order valence-electron chi connectivity index (χ0n) is 13.2. The molecular weight excluding hydrogens is 296 g/mol. The molecule has 120 valence electrons. The van der Waals surface area contributed by atoms with Crippen molar-refractivity contribution in [3.8, 4) is 5.75 Å². The van der Waals surface area contributed by atoms with Gasteiger partial charge in [0.2, 0.25) is 0 Å². The summed E-state index contributed by atoms with van der Waals surface area (Å²) < 4.78 is 0. The molecule has 0 saturated heterocycles. The van der Waals surface area contributed by atoms with Crippen LogP contribution in [0, 0.1) is 10.1 Å². The predicted octanol–water partition coefficient (Wildman–Crippen LogP) is 3.85. The zero-order valence-corrected chi connectivity index (χ0v) is 13.2. The van der Waals surface area contributed by atoms with E-state index in [1.807, 2.05) is 12.1 Å². The number of hydrogen-bond acceptors (Lipinski definition) is 4. The van der Waals surface area contributed by atoms with Crippen LogP contribution in [0.1, 0.15) is 36.7 Å². The number of phenols is 1. The smallest absolute Gasteiger partial charge is 0.285 e. The van der Waals surface area contributed by atoms with Crippen LogP contribution in [-0.4, -0.2) is 15.9 Å². The minimum absolute atomic E-state index is 0.0149. The molecule has 0 unspecified atom stereocenters. The van der Waals surface area contributed by atoms with Crippen LogP contribution in [0.3, 0.4) is 0 Å². The third-order valence-corrected chi connectivity index (χ3v) is 3.45. The Morgan fingerprint density at radius 3 is 2.26 bits per heavy atom. The number of nitrogens with zero attached hydrogens (tertiary/aromatic N) is 1. The molecule has 6 heteroatoms. The van der Waals surface area contributed by atoms with E-state index in [0.29, 0.717) is 5.69 Å². The largest absolute Gasteiger partial charge is 0.507 e. The van der Waals surface area contributed by atoms with E-state index >= 15 is 0 Å². The molecular formula is C17H18N2O4. The number of nitrogens with one attached hydrogen (secondary N) is 1. The molecule has 0 aliphatic rings. The summed E-state index contributed by atoms with van der Waals surface area (Å²) in [6.45, 7) is 6.23. The van der Waals surface area contributed by atoms with Crippen LogP contribution in [0.4, 0.5) is 11.4 Å². The highest BCUT2D eigenvalue weighted by Crippen LogP contribution is 2.29. The first kappa shape index (κ1) is 16.5. The minimum Gasteiger partial charge on any atom is -0.507 e. The summed E-state index contributed by atoms with van der Waals surface area (Å²) >= 11 is 0. The van der Waals surface area contributed by atoms with Gasteiger partial charge in [-0.05, 0) is 29.2 Å². The molecule has 2 rings (SSSR count). The van der Waals surface area contributed by atoms with Crippen molar-refractivity contribution >= 4 is 17.3 Å². The van der Waals surface area contributed by atoms with Crippen LogP contribution < -0.4 is 5.32 Å². The standard InChI is InChI=1S/C17H18N2O4/c1-17(2,3)11-7-9-12(10-8-11)18-16(21)15-13(19(22)23)5-4-6-14(15)20/h4-10,20H,1-3H3,(H,18,21). The number of nitro groups is 1. The first-order chi connectivity index (χ1) is 10.7. The SMILES string of the molecule is CC(C)(C)c1ccc(NC(=O)c2c(O)cccc2[N+](=O)[O-])cc1. The van der Waals surface area contributed by atoms with Gasteiger partial charge in [-0.3, -0.25) is 14.9 Å². The van der Waals surface area contributed by atoms with E-state index in [-0.39, 0.29) is 11.0 Å². The highest BCUT2D eigenvalue weighted by molar-refractivity contribution is 6.09. The van der Waals surface area contributed by atoms with Gasteiger partial charge < -0.3 is 10.4 Å². The Kier molecular flexibility index (Phi) is 4.36. The first-order valence-corrected chi connectivity index (χ1v) is 7.08. The average molecular weight is 314 g/mol. The summed E-state index contributed by atoms with van der Waals surface area (Å²) in [5.74, 6) is -1.15. The lowest BCUT2D eigenvalue weighted by Gasteiger charge is -2.19. The van der Waals surface area contributed by atoms with Crippen molar-refractivity contribution in [3.63, 3.8) is 0 Å². The Balaban J connectivity index is 2.28. The quantitative estimate of drug-likeness (QED) is 0.664. The van der Waals surface area contributed by atoms with Crippen molar-refractivity contribution in [1.29, 1.82) is 0 Å². The molecule has 1 amide bonds. The number of anilines is 1. The van der Waals surface area contributed by atoms with Gasteiger partial charge in [0.1, 0.15) is 5.75 Å². The van der Waals surface area contributed by atoms with E-state index in [4.69, 9.17) is 0 Å². The summed E-state index contributed by atoms with van der Waals surface area (Å²) in [7, 11) is 0. The molecule has 0 aliphatic heterocycles. The lowest BCUT2D eigenvalue weighted by Crippen LogP contribution is -2.15. The van der Waals surface area contributed by atoms with Gasteiger partial charge in [0.05, 0.1) is 4.92 Å². The van der Waals surface area contributed by atoms with Gasteiger partial charge >= 0.3 is 0 Å². The lowest BCUT2D eigenvalue weighted by molar-refractivity contribution is -0.385. The highest BCUT2D eigenvalue weighted by atomic mass is 16.6. The summed E-state index contributed by atoms with van der Waals surface area (Å²) in [4.78, 5) is 22.6. The fourth-order valence-corrected chi connectivity index (χ4v) is 2.16. The number of hydrogen-bond donors (Lipinski definition) is 2. The van der Waals surface area contributed by atoms with E-state index in [1.54, 1.807) is 12.1 Å². The molecule has 2 aromatic carbocycles. The molecule has 0 bridgehead atoms. The van der Waals surface area contributed by atoms with E-state index in [0.717, 1.165) is 5.56 Å². The number of rotatable bonds is 3. The molecule has 0 radical (unpaired) electrons. The summed E-state index contributed by atoms with van der Waals surface area (Å²) in [5, 5.41) is 23.3. The van der Waals surface area contributed by atoms with Crippen LogP contribution in [0.5, 0.6) is 5.75 Å². The normalized spacial score (nSPS) is 11.1. The number of carbonyl (C=O) groups is 1. The predicted molar refractivity (Wildman–Crippen MR) is 87.9 cm³/mol. The maximum absolute atomic E-state index is 12.3. The van der Waals surface area contributed by atoms with Gasteiger partial charge in [0, 0.05) is 11.8 Å². The molecule has 0 saturated carbocycles. The number of aromatic hydroxyl groups is 1. The van der Waals surface area contributed by atoms with E-state index in [1.165, 1.54) is 18.2 Å².